The summed E-state index contributed by atoms with van der Waals surface area (Å²) in [7, 11) is 0. The number of hydrogen-bond donors (Lipinski definition) is 0. The van der Waals surface area contributed by atoms with E-state index in [1.54, 1.807) is 18.2 Å². The number of likely N-dealkylation sites (tertiary alicyclic amines) is 1. The number of imide groups is 1. The third-order valence-corrected chi connectivity index (χ3v) is 6.66. The molecular formula is C24H24Cl2N2O2. The summed E-state index contributed by atoms with van der Waals surface area (Å²) in [5, 5.41) is 0.733. The van der Waals surface area contributed by atoms with Crippen LogP contribution in [0, 0.1) is 19.8 Å². The van der Waals surface area contributed by atoms with Crippen molar-refractivity contribution < 1.29 is 9.59 Å². The van der Waals surface area contributed by atoms with Crippen molar-refractivity contribution in [2.45, 2.75) is 33.6 Å². The van der Waals surface area contributed by atoms with Gasteiger partial charge in [0.25, 0.3) is 11.8 Å². The second-order valence-corrected chi connectivity index (χ2v) is 9.08. The zero-order chi connectivity index (χ0) is 21.6. The lowest BCUT2D eigenvalue weighted by atomic mass is 9.96. The van der Waals surface area contributed by atoms with Crippen LogP contribution in [0.1, 0.15) is 36.5 Å². The summed E-state index contributed by atoms with van der Waals surface area (Å²) in [6.45, 7) is 7.76. The average Bonchev–Trinajstić information content (AvgIpc) is 2.97. The van der Waals surface area contributed by atoms with E-state index in [1.165, 1.54) is 4.90 Å². The maximum absolute atomic E-state index is 13.6. The van der Waals surface area contributed by atoms with Crippen LogP contribution in [0.2, 0.25) is 10.0 Å². The Balaban J connectivity index is 1.86. The molecule has 2 aliphatic rings. The van der Waals surface area contributed by atoms with Crippen LogP contribution in [0.15, 0.2) is 42.1 Å². The molecule has 0 aliphatic carbocycles. The fraction of sp³-hybridized carbons (Fsp3) is 0.333. The molecule has 0 saturated carbocycles. The van der Waals surface area contributed by atoms with Crippen molar-refractivity contribution in [2.75, 3.05) is 18.0 Å². The summed E-state index contributed by atoms with van der Waals surface area (Å²) >= 11 is 12.5. The van der Waals surface area contributed by atoms with Crippen molar-refractivity contribution >= 4 is 46.3 Å². The topological polar surface area (TPSA) is 40.6 Å². The van der Waals surface area contributed by atoms with E-state index in [-0.39, 0.29) is 11.8 Å². The zero-order valence-electron chi connectivity index (χ0n) is 17.3. The van der Waals surface area contributed by atoms with E-state index in [4.69, 9.17) is 23.2 Å². The zero-order valence-corrected chi connectivity index (χ0v) is 18.8. The molecule has 2 aromatic rings. The van der Waals surface area contributed by atoms with Gasteiger partial charge in [-0.15, -0.1) is 0 Å². The molecule has 0 atom stereocenters. The minimum Gasteiger partial charge on any atom is -0.366 e. The standard InChI is InChI=1S/C24H24Cl2N2O2/c1-14-8-10-27(11-9-14)22-21(17-5-4-15(2)16(3)12-17)23(29)28(24(22)30)20-13-18(25)6-7-19(20)26/h4-7,12-14H,8-11H2,1-3H3. The lowest BCUT2D eigenvalue weighted by molar-refractivity contribution is -0.120. The van der Waals surface area contributed by atoms with Gasteiger partial charge in [-0.25, -0.2) is 4.90 Å². The summed E-state index contributed by atoms with van der Waals surface area (Å²) in [5.41, 5.74) is 4.19. The first-order valence-corrected chi connectivity index (χ1v) is 10.9. The van der Waals surface area contributed by atoms with Crippen molar-refractivity contribution in [1.29, 1.82) is 0 Å². The van der Waals surface area contributed by atoms with Gasteiger partial charge in [-0.3, -0.25) is 9.59 Å². The smallest absolute Gasteiger partial charge is 0.282 e. The highest BCUT2D eigenvalue weighted by atomic mass is 35.5. The van der Waals surface area contributed by atoms with E-state index in [0.717, 1.165) is 42.6 Å². The Kier molecular flexibility index (Phi) is 5.65. The Morgan fingerprint density at radius 1 is 0.900 bits per heavy atom. The van der Waals surface area contributed by atoms with E-state index in [2.05, 4.69) is 11.8 Å². The van der Waals surface area contributed by atoms with Crippen molar-refractivity contribution in [3.63, 3.8) is 0 Å². The van der Waals surface area contributed by atoms with Crippen molar-refractivity contribution in [3.05, 3.63) is 68.8 Å². The third kappa shape index (κ3) is 3.63. The Morgan fingerprint density at radius 2 is 1.60 bits per heavy atom. The highest BCUT2D eigenvalue weighted by Crippen LogP contribution is 2.39. The number of anilines is 1. The second-order valence-electron chi connectivity index (χ2n) is 8.23. The molecule has 156 valence electrons. The molecule has 0 aromatic heterocycles. The maximum Gasteiger partial charge on any atom is 0.282 e. The van der Waals surface area contributed by atoms with Crippen LogP contribution in [0.25, 0.3) is 5.57 Å². The molecule has 2 aromatic carbocycles. The summed E-state index contributed by atoms with van der Waals surface area (Å²) in [5.74, 6) is -0.0920. The van der Waals surface area contributed by atoms with Gasteiger partial charge in [0.05, 0.1) is 16.3 Å². The lowest BCUT2D eigenvalue weighted by Crippen LogP contribution is -2.38. The van der Waals surface area contributed by atoms with E-state index in [9.17, 15) is 9.59 Å². The van der Waals surface area contributed by atoms with Crippen LogP contribution in [-0.4, -0.2) is 29.8 Å². The van der Waals surface area contributed by atoms with Crippen LogP contribution in [-0.2, 0) is 9.59 Å². The molecule has 1 fully saturated rings. The van der Waals surface area contributed by atoms with Gasteiger partial charge in [-0.05, 0) is 67.5 Å². The molecule has 0 unspecified atom stereocenters. The number of rotatable bonds is 3. The molecule has 1 saturated heterocycles. The molecule has 0 spiro atoms. The fourth-order valence-electron chi connectivity index (χ4n) is 4.08. The Bertz CT molecular complexity index is 1070. The predicted octanol–water partition coefficient (Wildman–Crippen LogP) is 5.63. The van der Waals surface area contributed by atoms with Crippen molar-refractivity contribution in [2.24, 2.45) is 5.92 Å². The molecule has 0 N–H and O–H groups in total. The van der Waals surface area contributed by atoms with Crippen LogP contribution in [0.4, 0.5) is 5.69 Å². The first kappa shape index (κ1) is 21.0. The third-order valence-electron chi connectivity index (χ3n) is 6.10. The van der Waals surface area contributed by atoms with Gasteiger partial charge in [-0.1, -0.05) is 48.3 Å². The van der Waals surface area contributed by atoms with Gasteiger partial charge in [0.15, 0.2) is 0 Å². The number of halogens is 2. The van der Waals surface area contributed by atoms with Gasteiger partial charge in [0.1, 0.15) is 5.70 Å². The number of aryl methyl sites for hydroxylation is 2. The number of carbonyl (C=O) groups is 2. The largest absolute Gasteiger partial charge is 0.366 e. The Hall–Kier alpha value is -2.30. The maximum atomic E-state index is 13.6. The highest BCUT2D eigenvalue weighted by Gasteiger charge is 2.43. The Morgan fingerprint density at radius 3 is 2.27 bits per heavy atom. The van der Waals surface area contributed by atoms with Crippen LogP contribution >= 0.6 is 23.2 Å². The van der Waals surface area contributed by atoms with Crippen LogP contribution < -0.4 is 4.90 Å². The predicted molar refractivity (Wildman–Crippen MR) is 122 cm³/mol. The summed E-state index contributed by atoms with van der Waals surface area (Å²) < 4.78 is 0. The van der Waals surface area contributed by atoms with Gasteiger partial charge in [0, 0.05) is 18.1 Å². The number of piperidine rings is 1. The SMILES string of the molecule is Cc1ccc(C2=C(N3CCC(C)CC3)C(=O)N(c3cc(Cl)ccc3Cl)C2=O)cc1C. The number of nitrogens with zero attached hydrogens (tertiary/aromatic N) is 2. The van der Waals surface area contributed by atoms with Gasteiger partial charge in [0.2, 0.25) is 0 Å². The molecule has 0 bridgehead atoms. The number of amides is 2. The quantitative estimate of drug-likeness (QED) is 0.578. The normalized spacial score (nSPS) is 18.0. The molecule has 2 heterocycles. The highest BCUT2D eigenvalue weighted by molar-refractivity contribution is 6.47. The molecular weight excluding hydrogens is 419 g/mol. The van der Waals surface area contributed by atoms with Gasteiger partial charge < -0.3 is 4.90 Å². The van der Waals surface area contributed by atoms with Crippen molar-refractivity contribution in [3.8, 4) is 0 Å². The number of hydrogen-bond acceptors (Lipinski definition) is 3. The van der Waals surface area contributed by atoms with E-state index < -0.39 is 0 Å². The lowest BCUT2D eigenvalue weighted by Gasteiger charge is -2.32. The molecule has 0 radical (unpaired) electrons. The summed E-state index contributed by atoms with van der Waals surface area (Å²) in [6.07, 6.45) is 1.98. The molecule has 6 heteroatoms. The fourth-order valence-corrected chi connectivity index (χ4v) is 4.45. The van der Waals surface area contributed by atoms with Gasteiger partial charge >= 0.3 is 0 Å². The van der Waals surface area contributed by atoms with Crippen molar-refractivity contribution in [1.82, 2.24) is 4.90 Å². The second kappa shape index (κ2) is 8.09. The van der Waals surface area contributed by atoms with E-state index in [1.807, 2.05) is 32.0 Å². The minimum absolute atomic E-state index is 0.314. The minimum atomic E-state index is -0.360. The van der Waals surface area contributed by atoms with Crippen LogP contribution in [0.5, 0.6) is 0 Å². The Labute approximate surface area is 187 Å². The van der Waals surface area contributed by atoms with Gasteiger partial charge in [-0.2, -0.15) is 0 Å². The average molecular weight is 443 g/mol. The first-order valence-electron chi connectivity index (χ1n) is 10.2. The first-order chi connectivity index (χ1) is 14.3. The summed E-state index contributed by atoms with van der Waals surface area (Å²) in [6, 6.07) is 10.7. The van der Waals surface area contributed by atoms with E-state index >= 15 is 0 Å². The molecule has 4 rings (SSSR count). The van der Waals surface area contributed by atoms with Crippen LogP contribution in [0.3, 0.4) is 0 Å². The summed E-state index contributed by atoms with van der Waals surface area (Å²) in [4.78, 5) is 30.4. The molecule has 4 nitrogen and oxygen atoms in total. The molecule has 2 amide bonds. The monoisotopic (exact) mass is 442 g/mol. The van der Waals surface area contributed by atoms with E-state index in [0.29, 0.717) is 32.9 Å². The number of benzene rings is 2. The number of carbonyl (C=O) groups excluding carboxylic acids is 2. The molecule has 30 heavy (non-hydrogen) atoms. The molecule has 2 aliphatic heterocycles.